The summed E-state index contributed by atoms with van der Waals surface area (Å²) >= 11 is 0. The van der Waals surface area contributed by atoms with E-state index >= 15 is 0 Å². The van der Waals surface area contributed by atoms with Crippen LogP contribution in [0.25, 0.3) is 12.2 Å². The van der Waals surface area contributed by atoms with Gasteiger partial charge >= 0.3 is 0 Å². The van der Waals surface area contributed by atoms with Crippen molar-refractivity contribution in [1.82, 2.24) is 0 Å². The van der Waals surface area contributed by atoms with Crippen LogP contribution in [0.1, 0.15) is 22.3 Å². The molecule has 0 aliphatic heterocycles. The van der Waals surface area contributed by atoms with Crippen molar-refractivity contribution in [3.8, 4) is 0 Å². The number of hydrogen-bond acceptors (Lipinski definition) is 3. The summed E-state index contributed by atoms with van der Waals surface area (Å²) in [5.74, 6) is 0.0182. The molecule has 0 saturated heterocycles. The topological polar surface area (TPSA) is 117 Å². The summed E-state index contributed by atoms with van der Waals surface area (Å²) in [6, 6.07) is 21.5. The van der Waals surface area contributed by atoms with Crippen LogP contribution in [0, 0.1) is 10.8 Å². The van der Waals surface area contributed by atoms with E-state index < -0.39 is 0 Å². The summed E-state index contributed by atoms with van der Waals surface area (Å²) in [7, 11) is 0. The van der Waals surface area contributed by atoms with E-state index in [1.165, 1.54) is 0 Å². The minimum absolute atomic E-state index is 0.00912. The van der Waals surface area contributed by atoms with Gasteiger partial charge in [0.25, 0.3) is 0 Å². The monoisotopic (exact) mass is 368 g/mol. The molecule has 0 bridgehead atoms. The van der Waals surface area contributed by atoms with Gasteiger partial charge in [0.2, 0.25) is 0 Å². The van der Waals surface area contributed by atoms with Crippen LogP contribution in [-0.4, -0.2) is 11.7 Å². The molecule has 3 rings (SSSR count). The first-order valence-corrected chi connectivity index (χ1v) is 8.66. The number of amidine groups is 2. The van der Waals surface area contributed by atoms with Gasteiger partial charge in [0.1, 0.15) is 11.7 Å². The van der Waals surface area contributed by atoms with Crippen molar-refractivity contribution in [3.05, 3.63) is 116 Å². The molecule has 3 aromatic carbocycles. The highest BCUT2D eigenvalue weighted by Crippen LogP contribution is 2.05. The van der Waals surface area contributed by atoms with Gasteiger partial charge in [-0.25, -0.2) is 0 Å². The summed E-state index contributed by atoms with van der Waals surface area (Å²) in [5, 5.41) is 16.0. The molecule has 5 nitrogen and oxygen atoms in total. The van der Waals surface area contributed by atoms with E-state index in [4.69, 9.17) is 22.3 Å². The lowest BCUT2D eigenvalue weighted by Gasteiger charge is -1.98. The van der Waals surface area contributed by atoms with Gasteiger partial charge in [-0.2, -0.15) is 0 Å². The molecule has 6 N–H and O–H groups in total. The molecular weight excluding hydrogens is 348 g/mol. The van der Waals surface area contributed by atoms with Crippen LogP contribution in [0.3, 0.4) is 0 Å². The fraction of sp³-hybridized carbons (Fsp3) is 0. The third-order valence-electron chi connectivity index (χ3n) is 4.27. The first-order chi connectivity index (χ1) is 13.4. The molecule has 0 aromatic heterocycles. The van der Waals surface area contributed by atoms with E-state index in [2.05, 4.69) is 0 Å². The highest BCUT2D eigenvalue weighted by atomic mass is 16.1. The first kappa shape index (κ1) is 18.8. The quantitative estimate of drug-likeness (QED) is 0.410. The zero-order valence-electron chi connectivity index (χ0n) is 15.1. The van der Waals surface area contributed by atoms with Gasteiger partial charge < -0.3 is 11.5 Å². The summed E-state index contributed by atoms with van der Waals surface area (Å²) in [6.45, 7) is 0. The Labute approximate surface area is 162 Å². The lowest BCUT2D eigenvalue weighted by molar-refractivity contribution is 1.42. The average Bonchev–Trinajstić information content (AvgIpc) is 2.85. The number of nitrogen functional groups attached to an aromatic ring is 2. The van der Waals surface area contributed by atoms with Crippen LogP contribution < -0.4 is 27.3 Å². The Hall–Kier alpha value is -3.99. The van der Waals surface area contributed by atoms with Crippen LogP contribution in [0.4, 0.5) is 0 Å². The lowest BCUT2D eigenvalue weighted by Crippen LogP contribution is -2.35. The number of nitrogens with two attached hydrogens (primary N) is 2. The largest absolute Gasteiger partial charge is 0.384 e. The molecule has 0 aliphatic rings. The molecule has 138 valence electrons. The van der Waals surface area contributed by atoms with E-state index in [0.717, 1.165) is 11.1 Å². The number of nitrogens with one attached hydrogen (secondary N) is 2. The van der Waals surface area contributed by atoms with E-state index in [9.17, 15) is 4.79 Å². The molecule has 0 atom stereocenters. The Kier molecular flexibility index (Phi) is 5.46. The molecule has 0 amide bonds. The smallest absolute Gasteiger partial charge is 0.193 e. The Morgan fingerprint density at radius 2 is 1.00 bits per heavy atom. The van der Waals surface area contributed by atoms with Crippen molar-refractivity contribution in [2.75, 3.05) is 0 Å². The maximum Gasteiger partial charge on any atom is 0.193 e. The van der Waals surface area contributed by atoms with Crippen LogP contribution in [-0.2, 0) is 0 Å². The average molecular weight is 368 g/mol. The zero-order valence-corrected chi connectivity index (χ0v) is 15.1. The molecule has 0 unspecified atom stereocenters. The fourth-order valence-electron chi connectivity index (χ4n) is 2.74. The van der Waals surface area contributed by atoms with E-state index in [1.54, 1.807) is 36.4 Å². The first-order valence-electron chi connectivity index (χ1n) is 8.66. The number of hydrogen-bond donors (Lipinski definition) is 4. The Morgan fingerprint density at radius 1 is 0.643 bits per heavy atom. The molecule has 5 heteroatoms. The van der Waals surface area contributed by atoms with E-state index in [0.29, 0.717) is 21.6 Å². The van der Waals surface area contributed by atoms with Crippen LogP contribution in [0.15, 0.2) is 77.6 Å². The maximum absolute atomic E-state index is 13.0. The van der Waals surface area contributed by atoms with Gasteiger partial charge in [-0.1, -0.05) is 72.8 Å². The van der Waals surface area contributed by atoms with Crippen molar-refractivity contribution in [2.45, 2.75) is 0 Å². The second-order valence-corrected chi connectivity index (χ2v) is 6.32. The van der Waals surface area contributed by atoms with Gasteiger partial charge in [-0.15, -0.1) is 0 Å². The minimum atomic E-state index is -0.0868. The lowest BCUT2D eigenvalue weighted by atomic mass is 10.1. The second-order valence-electron chi connectivity index (χ2n) is 6.32. The van der Waals surface area contributed by atoms with Gasteiger partial charge in [0.05, 0.1) is 0 Å². The third kappa shape index (κ3) is 4.40. The van der Waals surface area contributed by atoms with Crippen molar-refractivity contribution >= 4 is 23.8 Å². The van der Waals surface area contributed by atoms with Crippen LogP contribution in [0.5, 0.6) is 0 Å². The molecule has 3 aromatic rings. The predicted octanol–water partition coefficient (Wildman–Crippen LogP) is 1.27. The zero-order chi connectivity index (χ0) is 20.1. The van der Waals surface area contributed by atoms with Crippen molar-refractivity contribution in [2.24, 2.45) is 11.5 Å². The van der Waals surface area contributed by atoms with E-state index in [-0.39, 0.29) is 17.1 Å². The van der Waals surface area contributed by atoms with Crippen LogP contribution >= 0.6 is 0 Å². The standard InChI is InChI=1S/C23H20N4O/c24-22(25)17-9-5-15(6-10-17)13-19-3-1-2-4-20(21(19)28)14-16-7-11-18(12-8-16)23(26)27/h1-14H,(H3,24,25)(H3,26,27)/b19-13-,20-14-. The summed E-state index contributed by atoms with van der Waals surface area (Å²) < 4.78 is 0. The normalized spacial score (nSPS) is 12.0. The van der Waals surface area contributed by atoms with Crippen molar-refractivity contribution in [3.63, 3.8) is 0 Å². The summed E-state index contributed by atoms with van der Waals surface area (Å²) in [4.78, 5) is 13.0. The predicted molar refractivity (Wildman–Crippen MR) is 114 cm³/mol. The molecule has 0 spiro atoms. The Balaban J connectivity index is 2.08. The van der Waals surface area contributed by atoms with Gasteiger partial charge in [-0.3, -0.25) is 15.6 Å². The summed E-state index contributed by atoms with van der Waals surface area (Å²) in [5.41, 5.74) is 13.8. The van der Waals surface area contributed by atoms with E-state index in [1.807, 2.05) is 48.6 Å². The molecule has 0 radical (unpaired) electrons. The fourth-order valence-corrected chi connectivity index (χ4v) is 2.74. The molecule has 0 fully saturated rings. The molecular formula is C23H20N4O. The Morgan fingerprint density at radius 3 is 1.32 bits per heavy atom. The Bertz CT molecular complexity index is 1120. The highest BCUT2D eigenvalue weighted by Gasteiger charge is 1.98. The van der Waals surface area contributed by atoms with Gasteiger partial charge in [0.15, 0.2) is 5.43 Å². The highest BCUT2D eigenvalue weighted by molar-refractivity contribution is 5.95. The number of rotatable bonds is 4. The second kappa shape index (κ2) is 8.14. The van der Waals surface area contributed by atoms with Crippen LogP contribution in [0.2, 0.25) is 0 Å². The molecule has 0 saturated carbocycles. The van der Waals surface area contributed by atoms with Crippen molar-refractivity contribution in [1.29, 1.82) is 10.8 Å². The SMILES string of the molecule is N=C(N)c1ccc(/C=c2/cccc/c(=C/c3ccc(C(=N)N)cc3)c2=O)cc1. The molecule has 0 aliphatic carbocycles. The third-order valence-corrected chi connectivity index (χ3v) is 4.27. The summed E-state index contributed by atoms with van der Waals surface area (Å²) in [6.07, 6.45) is 3.62. The maximum atomic E-state index is 13.0. The van der Waals surface area contributed by atoms with Gasteiger partial charge in [-0.05, 0) is 23.3 Å². The molecule has 0 heterocycles. The minimum Gasteiger partial charge on any atom is -0.384 e. The van der Waals surface area contributed by atoms with Crippen molar-refractivity contribution < 1.29 is 0 Å². The van der Waals surface area contributed by atoms with Gasteiger partial charge in [0, 0.05) is 21.6 Å². The number of benzene rings is 2. The molecule has 28 heavy (non-hydrogen) atoms.